The van der Waals surface area contributed by atoms with Crippen molar-refractivity contribution in [2.24, 2.45) is 5.73 Å². The van der Waals surface area contributed by atoms with Crippen LogP contribution in [0.1, 0.15) is 219 Å². The SMILES string of the molecule is CC/C=C\C/C=C\C/C=C\C/C=C\C/C=C\CCCCCCCCOCC(COP(=O)(O)OCCN)OC(=O)CCCCCCCCCCC/C=C\CCCCCCCCCC. The van der Waals surface area contributed by atoms with Gasteiger partial charge in [0.2, 0.25) is 0 Å². The van der Waals surface area contributed by atoms with Crippen LogP contribution >= 0.6 is 7.82 Å². The molecule has 2 atom stereocenters. The van der Waals surface area contributed by atoms with Gasteiger partial charge in [0, 0.05) is 19.6 Å². The molecule has 0 saturated heterocycles. The van der Waals surface area contributed by atoms with Crippen LogP contribution in [-0.2, 0) is 27.9 Å². The lowest BCUT2D eigenvalue weighted by atomic mass is 10.1. The Kier molecular flexibility index (Phi) is 48.3. The number of carbonyl (C=O) groups excluding carboxylic acids is 1. The number of nitrogens with two attached hydrogens (primary N) is 1. The highest BCUT2D eigenvalue weighted by molar-refractivity contribution is 7.47. The summed E-state index contributed by atoms with van der Waals surface area (Å²) >= 11 is 0. The van der Waals surface area contributed by atoms with Gasteiger partial charge in [-0.05, 0) is 83.5 Å². The van der Waals surface area contributed by atoms with Gasteiger partial charge in [0.05, 0.1) is 19.8 Å². The van der Waals surface area contributed by atoms with Crippen LogP contribution in [0.15, 0.2) is 72.9 Å². The van der Waals surface area contributed by atoms with Crippen molar-refractivity contribution in [2.45, 2.75) is 225 Å². The van der Waals surface area contributed by atoms with E-state index in [-0.39, 0.29) is 32.3 Å². The molecule has 0 aliphatic heterocycles. The molecule has 9 heteroatoms. The van der Waals surface area contributed by atoms with Gasteiger partial charge in [0.1, 0.15) is 6.10 Å². The molecule has 360 valence electrons. The molecule has 0 amide bonds. The fourth-order valence-corrected chi connectivity index (χ4v) is 7.67. The van der Waals surface area contributed by atoms with Crippen LogP contribution in [0.4, 0.5) is 0 Å². The third kappa shape index (κ3) is 49.0. The third-order valence-corrected chi connectivity index (χ3v) is 11.6. The first-order valence-electron chi connectivity index (χ1n) is 25.4. The maximum Gasteiger partial charge on any atom is 0.472 e. The molecule has 0 aromatic carbocycles. The van der Waals surface area contributed by atoms with Gasteiger partial charge in [-0.3, -0.25) is 13.8 Å². The van der Waals surface area contributed by atoms with Crippen molar-refractivity contribution < 1.29 is 32.8 Å². The molecule has 0 aromatic heterocycles. The molecule has 0 spiro atoms. The number of hydrogen-bond acceptors (Lipinski definition) is 7. The largest absolute Gasteiger partial charge is 0.472 e. The standard InChI is InChI=1S/C53H96NO7P/c1-3-5-7-9-11-13-15-17-19-21-23-25-27-29-31-33-35-37-39-41-43-45-48-58-50-52(51-60-62(56,57)59-49-47-54)61-53(55)46-44-42-40-38-36-34-32-30-28-26-24-22-20-18-16-14-12-10-8-6-4-2/h5,7,11,13,17,19,22-25,29,31,52H,3-4,6,8-10,12,14-16,18,20-21,26-28,30,32-51,54H2,1-2H3,(H,56,57)/b7-5-,13-11-,19-17-,24-22-,25-23-,31-29-. The average molecular weight is 890 g/mol. The van der Waals surface area contributed by atoms with E-state index < -0.39 is 13.9 Å². The van der Waals surface area contributed by atoms with E-state index >= 15 is 0 Å². The molecule has 0 bridgehead atoms. The van der Waals surface area contributed by atoms with E-state index in [1.54, 1.807) is 0 Å². The lowest BCUT2D eigenvalue weighted by molar-refractivity contribution is -0.154. The van der Waals surface area contributed by atoms with Gasteiger partial charge in [0.25, 0.3) is 0 Å². The first kappa shape index (κ1) is 59.9. The first-order chi connectivity index (χ1) is 30.4. The molecule has 2 unspecified atom stereocenters. The first-order valence-corrected chi connectivity index (χ1v) is 26.9. The molecule has 0 radical (unpaired) electrons. The zero-order valence-electron chi connectivity index (χ0n) is 40.1. The lowest BCUT2D eigenvalue weighted by Crippen LogP contribution is -2.28. The summed E-state index contributed by atoms with van der Waals surface area (Å²) in [4.78, 5) is 22.6. The fourth-order valence-electron chi connectivity index (χ4n) is 6.90. The topological polar surface area (TPSA) is 117 Å². The normalized spacial score (nSPS) is 13.9. The van der Waals surface area contributed by atoms with Crippen molar-refractivity contribution in [2.75, 3.05) is 33.0 Å². The highest BCUT2D eigenvalue weighted by Gasteiger charge is 2.25. The van der Waals surface area contributed by atoms with E-state index in [0.717, 1.165) is 77.0 Å². The van der Waals surface area contributed by atoms with Gasteiger partial charge in [-0.1, -0.05) is 202 Å². The molecule has 0 aromatic rings. The lowest BCUT2D eigenvalue weighted by Gasteiger charge is -2.20. The van der Waals surface area contributed by atoms with E-state index in [2.05, 4.69) is 86.8 Å². The zero-order chi connectivity index (χ0) is 45.1. The van der Waals surface area contributed by atoms with E-state index in [4.69, 9.17) is 24.3 Å². The van der Waals surface area contributed by atoms with Crippen LogP contribution in [0.5, 0.6) is 0 Å². The summed E-state index contributed by atoms with van der Waals surface area (Å²) in [7, 11) is -4.29. The Morgan fingerprint density at radius 3 is 1.37 bits per heavy atom. The molecular formula is C53H96NO7P. The summed E-state index contributed by atoms with van der Waals surface area (Å²) in [5.74, 6) is -0.339. The van der Waals surface area contributed by atoms with Crippen LogP contribution in [-0.4, -0.2) is 49.9 Å². The highest BCUT2D eigenvalue weighted by Crippen LogP contribution is 2.43. The third-order valence-electron chi connectivity index (χ3n) is 10.6. The van der Waals surface area contributed by atoms with Crippen LogP contribution in [0, 0.1) is 0 Å². The Morgan fingerprint density at radius 2 is 0.903 bits per heavy atom. The summed E-state index contributed by atoms with van der Waals surface area (Å²) in [6, 6.07) is 0. The van der Waals surface area contributed by atoms with Gasteiger partial charge in [-0.25, -0.2) is 4.57 Å². The van der Waals surface area contributed by atoms with E-state index in [9.17, 15) is 14.3 Å². The van der Waals surface area contributed by atoms with Crippen LogP contribution in [0.3, 0.4) is 0 Å². The summed E-state index contributed by atoms with van der Waals surface area (Å²) in [6.07, 6.45) is 63.6. The van der Waals surface area contributed by atoms with Gasteiger partial charge in [0.15, 0.2) is 0 Å². The predicted octanol–water partition coefficient (Wildman–Crippen LogP) is 15.9. The predicted molar refractivity (Wildman–Crippen MR) is 265 cm³/mol. The van der Waals surface area contributed by atoms with Crippen molar-refractivity contribution in [3.63, 3.8) is 0 Å². The second kappa shape index (κ2) is 49.9. The molecule has 8 nitrogen and oxygen atoms in total. The molecule has 62 heavy (non-hydrogen) atoms. The molecule has 0 saturated carbocycles. The van der Waals surface area contributed by atoms with Crippen LogP contribution in [0.25, 0.3) is 0 Å². The number of unbranched alkanes of at least 4 members (excludes halogenated alkanes) is 23. The Morgan fingerprint density at radius 1 is 0.500 bits per heavy atom. The van der Waals surface area contributed by atoms with Crippen molar-refractivity contribution in [1.29, 1.82) is 0 Å². The molecular weight excluding hydrogens is 794 g/mol. The number of esters is 1. The number of allylic oxidation sites excluding steroid dienone is 12. The number of hydrogen-bond donors (Lipinski definition) is 2. The van der Waals surface area contributed by atoms with Crippen molar-refractivity contribution in [1.82, 2.24) is 0 Å². The van der Waals surface area contributed by atoms with Gasteiger partial charge in [-0.2, -0.15) is 0 Å². The highest BCUT2D eigenvalue weighted by atomic mass is 31.2. The van der Waals surface area contributed by atoms with Gasteiger partial charge >= 0.3 is 13.8 Å². The minimum Gasteiger partial charge on any atom is -0.457 e. The van der Waals surface area contributed by atoms with Crippen LogP contribution < -0.4 is 5.73 Å². The maximum atomic E-state index is 12.7. The molecule has 0 fully saturated rings. The molecule has 0 heterocycles. The summed E-state index contributed by atoms with van der Waals surface area (Å²) in [5, 5.41) is 0. The fraction of sp³-hybridized carbons (Fsp3) is 0.755. The smallest absolute Gasteiger partial charge is 0.457 e. The van der Waals surface area contributed by atoms with E-state index in [1.807, 2.05) is 0 Å². The summed E-state index contributed by atoms with van der Waals surface area (Å²) in [5.41, 5.74) is 5.39. The summed E-state index contributed by atoms with van der Waals surface area (Å²) < 4.78 is 33.6. The quantitative estimate of drug-likeness (QED) is 0.0268. The summed E-state index contributed by atoms with van der Waals surface area (Å²) in [6.45, 7) is 4.78. The van der Waals surface area contributed by atoms with Crippen LogP contribution in [0.2, 0.25) is 0 Å². The zero-order valence-corrected chi connectivity index (χ0v) is 41.0. The molecule has 0 rings (SSSR count). The maximum absolute atomic E-state index is 12.7. The van der Waals surface area contributed by atoms with Crippen molar-refractivity contribution in [3.05, 3.63) is 72.9 Å². The average Bonchev–Trinajstić information content (AvgIpc) is 3.26. The number of carbonyl (C=O) groups is 1. The van der Waals surface area contributed by atoms with Crippen molar-refractivity contribution >= 4 is 13.8 Å². The number of rotatable bonds is 48. The van der Waals surface area contributed by atoms with Gasteiger partial charge < -0.3 is 20.1 Å². The second-order valence-electron chi connectivity index (χ2n) is 16.6. The Labute approximate surface area is 382 Å². The second-order valence-corrected chi connectivity index (χ2v) is 18.1. The Bertz CT molecular complexity index is 1180. The molecule has 3 N–H and O–H groups in total. The number of phosphoric acid groups is 1. The molecule has 0 aliphatic carbocycles. The minimum atomic E-state index is -4.29. The van der Waals surface area contributed by atoms with Crippen molar-refractivity contribution in [3.8, 4) is 0 Å². The molecule has 0 aliphatic rings. The minimum absolute atomic E-state index is 0.0943. The van der Waals surface area contributed by atoms with E-state index in [0.29, 0.717) is 13.0 Å². The van der Waals surface area contributed by atoms with Gasteiger partial charge in [-0.15, -0.1) is 0 Å². The monoisotopic (exact) mass is 890 g/mol. The number of ether oxygens (including phenoxy) is 2. The Balaban J connectivity index is 4.00. The number of phosphoric ester groups is 1. The Hall–Kier alpha value is -2.06. The van der Waals surface area contributed by atoms with E-state index in [1.165, 1.54) is 122 Å².